The minimum absolute atomic E-state index is 0.117. The van der Waals surface area contributed by atoms with Gasteiger partial charge in [0.25, 0.3) is 0 Å². The van der Waals surface area contributed by atoms with Gasteiger partial charge < -0.3 is 5.32 Å². The molecule has 4 heteroatoms. The van der Waals surface area contributed by atoms with Crippen LogP contribution in [0.25, 0.3) is 0 Å². The molecule has 0 radical (unpaired) electrons. The Hall–Kier alpha value is -1.03. The summed E-state index contributed by atoms with van der Waals surface area (Å²) < 4.78 is 12.6. The maximum absolute atomic E-state index is 12.6. The molecule has 1 saturated carbocycles. The number of hydrogen-bond donors (Lipinski definition) is 1. The molecule has 1 fully saturated rings. The third-order valence-corrected chi connectivity index (χ3v) is 3.71. The van der Waals surface area contributed by atoms with E-state index in [1.807, 2.05) is 0 Å². The first-order valence-electron chi connectivity index (χ1n) is 5.89. The van der Waals surface area contributed by atoms with Gasteiger partial charge in [-0.15, -0.1) is 11.8 Å². The lowest BCUT2D eigenvalue weighted by Gasteiger charge is -2.04. The lowest BCUT2D eigenvalue weighted by Crippen LogP contribution is -2.25. The van der Waals surface area contributed by atoms with Crippen molar-refractivity contribution in [3.05, 3.63) is 30.1 Å². The van der Waals surface area contributed by atoms with Gasteiger partial charge in [-0.25, -0.2) is 4.39 Å². The maximum Gasteiger partial charge on any atom is 0.220 e. The van der Waals surface area contributed by atoms with Crippen LogP contribution in [0.5, 0.6) is 0 Å². The van der Waals surface area contributed by atoms with Crippen LogP contribution < -0.4 is 5.32 Å². The van der Waals surface area contributed by atoms with Crippen molar-refractivity contribution in [1.29, 1.82) is 0 Å². The minimum Gasteiger partial charge on any atom is -0.356 e. The molecule has 17 heavy (non-hydrogen) atoms. The second-order valence-corrected chi connectivity index (χ2v) is 5.47. The minimum atomic E-state index is -0.225. The third-order valence-electron chi connectivity index (χ3n) is 2.70. The summed E-state index contributed by atoms with van der Waals surface area (Å²) in [6, 6.07) is 6.36. The molecule has 0 saturated heterocycles. The highest BCUT2D eigenvalue weighted by atomic mass is 32.2. The predicted molar refractivity (Wildman–Crippen MR) is 67.5 cm³/mol. The quantitative estimate of drug-likeness (QED) is 0.790. The molecule has 92 valence electrons. The summed E-state index contributed by atoms with van der Waals surface area (Å²) in [7, 11) is 0. The van der Waals surface area contributed by atoms with Gasteiger partial charge in [0, 0.05) is 23.6 Å². The Morgan fingerprint density at radius 3 is 2.71 bits per heavy atom. The first-order valence-corrected chi connectivity index (χ1v) is 6.87. The summed E-state index contributed by atoms with van der Waals surface area (Å²) in [5, 5.41) is 2.93. The molecule has 0 aliphatic heterocycles. The van der Waals surface area contributed by atoms with E-state index < -0.39 is 0 Å². The van der Waals surface area contributed by atoms with Crippen molar-refractivity contribution < 1.29 is 9.18 Å². The van der Waals surface area contributed by atoms with Crippen LogP contribution in [-0.4, -0.2) is 18.2 Å². The van der Waals surface area contributed by atoms with Crippen LogP contribution in [0.2, 0.25) is 0 Å². The van der Waals surface area contributed by atoms with E-state index in [4.69, 9.17) is 0 Å². The zero-order valence-corrected chi connectivity index (χ0v) is 10.4. The summed E-state index contributed by atoms with van der Waals surface area (Å²) in [6.45, 7) is 0.833. The van der Waals surface area contributed by atoms with Crippen molar-refractivity contribution in [2.75, 3.05) is 12.3 Å². The Labute approximate surface area is 105 Å². The molecule has 1 aromatic rings. The van der Waals surface area contributed by atoms with E-state index in [1.165, 1.54) is 25.0 Å². The van der Waals surface area contributed by atoms with Crippen LogP contribution in [0.4, 0.5) is 4.39 Å². The molecule has 0 spiro atoms. The average molecular weight is 253 g/mol. The summed E-state index contributed by atoms with van der Waals surface area (Å²) in [6.07, 6.45) is 3.03. The largest absolute Gasteiger partial charge is 0.356 e. The molecular weight excluding hydrogens is 237 g/mol. The number of benzene rings is 1. The molecule has 0 aromatic heterocycles. The van der Waals surface area contributed by atoms with E-state index in [1.54, 1.807) is 23.9 Å². The van der Waals surface area contributed by atoms with Crippen molar-refractivity contribution >= 4 is 17.7 Å². The normalized spacial score (nSPS) is 14.6. The SMILES string of the molecule is O=C(CCSc1ccc(F)cc1)NCC1CC1. The van der Waals surface area contributed by atoms with Gasteiger partial charge in [0.15, 0.2) is 0 Å². The Morgan fingerprint density at radius 1 is 1.35 bits per heavy atom. The summed E-state index contributed by atoms with van der Waals surface area (Å²) in [4.78, 5) is 12.4. The lowest BCUT2D eigenvalue weighted by atomic mass is 10.3. The fourth-order valence-corrected chi connectivity index (χ4v) is 2.31. The lowest BCUT2D eigenvalue weighted by molar-refractivity contribution is -0.120. The summed E-state index contributed by atoms with van der Waals surface area (Å²) in [5.41, 5.74) is 0. The van der Waals surface area contributed by atoms with Crippen molar-refractivity contribution in [1.82, 2.24) is 5.32 Å². The first kappa shape index (κ1) is 12.4. The van der Waals surface area contributed by atoms with Crippen LogP contribution in [-0.2, 0) is 4.79 Å². The van der Waals surface area contributed by atoms with Gasteiger partial charge in [0.05, 0.1) is 0 Å². The molecular formula is C13H16FNOS. The number of thioether (sulfide) groups is 1. The van der Waals surface area contributed by atoms with Gasteiger partial charge in [0.1, 0.15) is 5.82 Å². The topological polar surface area (TPSA) is 29.1 Å². The number of hydrogen-bond acceptors (Lipinski definition) is 2. The van der Waals surface area contributed by atoms with E-state index >= 15 is 0 Å². The molecule has 1 aliphatic rings. The number of rotatable bonds is 6. The van der Waals surface area contributed by atoms with E-state index in [-0.39, 0.29) is 11.7 Å². The van der Waals surface area contributed by atoms with Gasteiger partial charge in [-0.3, -0.25) is 4.79 Å². The monoisotopic (exact) mass is 253 g/mol. The molecule has 2 rings (SSSR count). The summed E-state index contributed by atoms with van der Waals surface area (Å²) in [5.74, 6) is 1.36. The molecule has 0 atom stereocenters. The highest BCUT2D eigenvalue weighted by Gasteiger charge is 2.21. The third kappa shape index (κ3) is 4.77. The second-order valence-electron chi connectivity index (χ2n) is 4.30. The van der Waals surface area contributed by atoms with Crippen LogP contribution in [0.15, 0.2) is 29.2 Å². The number of nitrogens with one attached hydrogen (secondary N) is 1. The molecule has 2 nitrogen and oxygen atoms in total. The molecule has 1 amide bonds. The number of carbonyl (C=O) groups is 1. The van der Waals surface area contributed by atoms with Gasteiger partial charge in [0.2, 0.25) is 5.91 Å². The fraction of sp³-hybridized carbons (Fsp3) is 0.462. The van der Waals surface area contributed by atoms with Gasteiger partial charge in [-0.2, -0.15) is 0 Å². The zero-order chi connectivity index (χ0) is 12.1. The number of halogens is 1. The number of carbonyl (C=O) groups excluding carboxylic acids is 1. The fourth-order valence-electron chi connectivity index (χ4n) is 1.46. The van der Waals surface area contributed by atoms with E-state index in [2.05, 4.69) is 5.32 Å². The van der Waals surface area contributed by atoms with Gasteiger partial charge in [-0.1, -0.05) is 0 Å². The smallest absolute Gasteiger partial charge is 0.220 e. The average Bonchev–Trinajstić information content (AvgIpc) is 3.13. The Kier molecular flexibility index (Phi) is 4.42. The highest BCUT2D eigenvalue weighted by Crippen LogP contribution is 2.27. The van der Waals surface area contributed by atoms with Crippen molar-refractivity contribution in [3.63, 3.8) is 0 Å². The molecule has 1 aromatic carbocycles. The highest BCUT2D eigenvalue weighted by molar-refractivity contribution is 7.99. The standard InChI is InChI=1S/C13H16FNOS/c14-11-3-5-12(6-4-11)17-8-7-13(16)15-9-10-1-2-10/h3-6,10H,1-2,7-9H2,(H,15,16). The Morgan fingerprint density at radius 2 is 2.06 bits per heavy atom. The maximum atomic E-state index is 12.6. The van der Waals surface area contributed by atoms with E-state index in [9.17, 15) is 9.18 Å². The van der Waals surface area contributed by atoms with Crippen molar-refractivity contribution in [2.24, 2.45) is 5.92 Å². The van der Waals surface area contributed by atoms with Gasteiger partial charge in [-0.05, 0) is 43.0 Å². The Balaban J connectivity index is 1.61. The molecule has 1 aliphatic carbocycles. The second kappa shape index (κ2) is 6.05. The van der Waals surface area contributed by atoms with Crippen LogP contribution in [0, 0.1) is 11.7 Å². The van der Waals surface area contributed by atoms with Crippen molar-refractivity contribution in [2.45, 2.75) is 24.2 Å². The van der Waals surface area contributed by atoms with Crippen LogP contribution in [0.3, 0.4) is 0 Å². The van der Waals surface area contributed by atoms with E-state index in [0.717, 1.165) is 23.1 Å². The predicted octanol–water partition coefficient (Wildman–Crippen LogP) is 2.83. The molecule has 0 heterocycles. The number of amides is 1. The molecule has 1 N–H and O–H groups in total. The first-order chi connectivity index (χ1) is 8.24. The Bertz CT molecular complexity index is 376. The van der Waals surface area contributed by atoms with Gasteiger partial charge >= 0.3 is 0 Å². The van der Waals surface area contributed by atoms with Crippen molar-refractivity contribution in [3.8, 4) is 0 Å². The van der Waals surface area contributed by atoms with E-state index in [0.29, 0.717) is 6.42 Å². The van der Waals surface area contributed by atoms with Crippen LogP contribution >= 0.6 is 11.8 Å². The zero-order valence-electron chi connectivity index (χ0n) is 9.62. The molecule has 0 bridgehead atoms. The summed E-state index contributed by atoms with van der Waals surface area (Å²) >= 11 is 1.58. The molecule has 0 unspecified atom stereocenters. The van der Waals surface area contributed by atoms with Crippen LogP contribution in [0.1, 0.15) is 19.3 Å².